The van der Waals surface area contributed by atoms with Crippen molar-refractivity contribution < 1.29 is 95.3 Å². The van der Waals surface area contributed by atoms with E-state index in [1.165, 1.54) is 0 Å². The van der Waals surface area contributed by atoms with Crippen molar-refractivity contribution in [2.75, 3.05) is 0 Å². The molecule has 3 aromatic carbocycles. The molecule has 0 spiro atoms. The van der Waals surface area contributed by atoms with Crippen molar-refractivity contribution in [3.63, 3.8) is 0 Å². The molecule has 0 fully saturated rings. The topological polar surface area (TPSA) is 155 Å². The fourth-order valence-electron chi connectivity index (χ4n) is 2.45. The van der Waals surface area contributed by atoms with E-state index in [1.807, 2.05) is 0 Å². The zero-order chi connectivity index (χ0) is 17.9. The van der Waals surface area contributed by atoms with Crippen molar-refractivity contribution in [2.24, 2.45) is 0 Å². The van der Waals surface area contributed by atoms with Gasteiger partial charge < -0.3 is 19.3 Å². The Bertz CT molecular complexity index is 1130. The molecule has 0 aliphatic rings. The predicted octanol–water partition coefficient (Wildman–Crippen LogP) is -4.78. The number of rotatable bonds is 2. The van der Waals surface area contributed by atoms with Gasteiger partial charge in [-0.2, -0.15) is 0 Å². The molecule has 3 rings (SSSR count). The summed E-state index contributed by atoms with van der Waals surface area (Å²) in [6, 6.07) is 5.98. The van der Waals surface area contributed by atoms with Crippen LogP contribution >= 0.6 is 0 Å². The van der Waals surface area contributed by atoms with Crippen molar-refractivity contribution in [2.45, 2.75) is 9.79 Å². The van der Waals surface area contributed by atoms with Gasteiger partial charge >= 0.3 is 59.1 Å². The van der Waals surface area contributed by atoms with E-state index in [4.69, 9.17) is 0 Å². The third kappa shape index (κ3) is 4.20. The van der Waals surface area contributed by atoms with Crippen LogP contribution in [0.25, 0.3) is 21.5 Å². The largest absolute Gasteiger partial charge is 1.00 e. The number of benzene rings is 3. The van der Waals surface area contributed by atoms with E-state index >= 15 is 0 Å². The van der Waals surface area contributed by atoms with Gasteiger partial charge in [-0.25, -0.2) is 16.8 Å². The van der Waals surface area contributed by atoms with Gasteiger partial charge in [0.05, 0.1) is 9.79 Å². The monoisotopic (exact) mass is 414 g/mol. The summed E-state index contributed by atoms with van der Waals surface area (Å²) in [6.07, 6.45) is 0. The molecule has 0 radical (unpaired) electrons. The Morgan fingerprint density at radius 2 is 0.923 bits per heavy atom. The molecule has 0 aliphatic carbocycles. The summed E-state index contributed by atoms with van der Waals surface area (Å²) in [7, 11) is -9.59. The van der Waals surface area contributed by atoms with E-state index in [2.05, 4.69) is 0 Å². The summed E-state index contributed by atoms with van der Waals surface area (Å²) in [5.74, 6) is -0.920. The predicted molar refractivity (Wildman–Crippen MR) is 80.7 cm³/mol. The van der Waals surface area contributed by atoms with Crippen LogP contribution in [0.1, 0.15) is 0 Å². The summed E-state index contributed by atoms with van der Waals surface area (Å²) in [5, 5.41) is 20.3. The normalized spacial score (nSPS) is 11.8. The molecular formula is C14H8Na2O8S2. The molecule has 12 heteroatoms. The first-order valence-corrected chi connectivity index (χ1v) is 9.15. The van der Waals surface area contributed by atoms with Gasteiger partial charge in [-0.15, -0.1) is 0 Å². The van der Waals surface area contributed by atoms with Gasteiger partial charge in [0.25, 0.3) is 0 Å². The SMILES string of the molecule is O=S(=O)([O-])c1ccc2c(O)c3ccc(S(=O)(=O)[O-])cc3c(O)c2c1.[Na+].[Na+]. The first kappa shape index (κ1) is 23.6. The van der Waals surface area contributed by atoms with Gasteiger partial charge in [-0.1, -0.05) is 0 Å². The van der Waals surface area contributed by atoms with Crippen LogP contribution in [0.3, 0.4) is 0 Å². The average molecular weight is 414 g/mol. The molecule has 0 aliphatic heterocycles. The third-order valence-corrected chi connectivity index (χ3v) is 5.24. The van der Waals surface area contributed by atoms with Crippen LogP contribution in [0, 0.1) is 0 Å². The van der Waals surface area contributed by atoms with Crippen LogP contribution in [0.4, 0.5) is 0 Å². The van der Waals surface area contributed by atoms with Gasteiger partial charge in [0.1, 0.15) is 31.7 Å². The Labute approximate surface area is 192 Å². The van der Waals surface area contributed by atoms with Crippen molar-refractivity contribution in [3.8, 4) is 11.5 Å². The summed E-state index contributed by atoms with van der Waals surface area (Å²) in [4.78, 5) is -1.26. The molecule has 0 atom stereocenters. The Balaban J connectivity index is 0.00000169. The minimum absolute atomic E-state index is 0. The third-order valence-electron chi connectivity index (χ3n) is 3.58. The first-order chi connectivity index (χ1) is 11.0. The number of phenols is 2. The van der Waals surface area contributed by atoms with Crippen LogP contribution < -0.4 is 59.1 Å². The summed E-state index contributed by atoms with van der Waals surface area (Å²) in [5.41, 5.74) is 0. The Hall–Kier alpha value is -0.400. The van der Waals surface area contributed by atoms with Crippen LogP contribution in [0.15, 0.2) is 46.2 Å². The summed E-state index contributed by atoms with van der Waals surface area (Å²) in [6.45, 7) is 0. The number of phenolic OH excluding ortho intramolecular Hbond substituents is 2. The first-order valence-electron chi connectivity index (χ1n) is 6.33. The smallest absolute Gasteiger partial charge is 0.744 e. The molecule has 0 saturated carbocycles. The van der Waals surface area contributed by atoms with Gasteiger partial charge in [-0.05, 0) is 36.4 Å². The number of aromatic hydroxyl groups is 2. The molecule has 0 bridgehead atoms. The fraction of sp³-hybridized carbons (Fsp3) is 0. The number of hydrogen-bond acceptors (Lipinski definition) is 8. The van der Waals surface area contributed by atoms with E-state index in [0.717, 1.165) is 36.4 Å². The molecule has 0 amide bonds. The average Bonchev–Trinajstić information content (AvgIpc) is 2.49. The maximum atomic E-state index is 11.1. The van der Waals surface area contributed by atoms with Crippen molar-refractivity contribution >= 4 is 41.8 Å². The summed E-state index contributed by atoms with van der Waals surface area (Å²) >= 11 is 0. The van der Waals surface area contributed by atoms with Gasteiger partial charge in [0.15, 0.2) is 0 Å². The minimum Gasteiger partial charge on any atom is -0.744 e. The van der Waals surface area contributed by atoms with Gasteiger partial charge in [0.2, 0.25) is 0 Å². The molecule has 8 nitrogen and oxygen atoms in total. The van der Waals surface area contributed by atoms with E-state index in [9.17, 15) is 36.2 Å². The quantitative estimate of drug-likeness (QED) is 0.183. The molecule has 0 unspecified atom stereocenters. The van der Waals surface area contributed by atoms with Crippen molar-refractivity contribution in [3.05, 3.63) is 36.4 Å². The van der Waals surface area contributed by atoms with E-state index < -0.39 is 35.8 Å². The van der Waals surface area contributed by atoms with Gasteiger partial charge in [0, 0.05) is 21.5 Å². The summed E-state index contributed by atoms with van der Waals surface area (Å²) < 4.78 is 66.6. The Morgan fingerprint density at radius 3 is 1.23 bits per heavy atom. The van der Waals surface area contributed by atoms with Gasteiger partial charge in [-0.3, -0.25) is 0 Å². The molecule has 2 N–H and O–H groups in total. The van der Waals surface area contributed by atoms with E-state index in [0.29, 0.717) is 0 Å². The molecular weight excluding hydrogens is 406 g/mol. The minimum atomic E-state index is -4.80. The zero-order valence-electron chi connectivity index (χ0n) is 13.6. The number of hydrogen-bond donors (Lipinski definition) is 2. The molecule has 0 heterocycles. The molecule has 126 valence electrons. The van der Waals surface area contributed by atoms with Crippen LogP contribution in [0.5, 0.6) is 11.5 Å². The second kappa shape index (κ2) is 7.92. The molecule has 26 heavy (non-hydrogen) atoms. The van der Waals surface area contributed by atoms with Crippen LogP contribution in [-0.2, 0) is 20.2 Å². The maximum absolute atomic E-state index is 11.1. The molecule has 0 saturated heterocycles. The molecule has 3 aromatic rings. The van der Waals surface area contributed by atoms with E-state index in [1.54, 1.807) is 0 Å². The Kier molecular flexibility index (Phi) is 7.20. The second-order valence-electron chi connectivity index (χ2n) is 5.02. The second-order valence-corrected chi connectivity index (χ2v) is 7.78. The maximum Gasteiger partial charge on any atom is 1.00 e. The van der Waals surface area contributed by atoms with Crippen LogP contribution in [-0.4, -0.2) is 36.2 Å². The van der Waals surface area contributed by atoms with Crippen LogP contribution in [0.2, 0.25) is 0 Å². The standard InChI is InChI=1S/C14H10O8S2.2Na/c15-13-9-3-1-7(23(17,18)19)5-11(9)14(16)12-6-8(24(20,21)22)2-4-10(12)13;;/h1-6,15-16H,(H,17,18,19)(H,20,21,22);;/q;2*+1/p-2. The molecule has 0 aromatic heterocycles. The zero-order valence-corrected chi connectivity index (χ0v) is 19.3. The fourth-order valence-corrected chi connectivity index (χ4v) is 3.45. The van der Waals surface area contributed by atoms with Crippen molar-refractivity contribution in [1.82, 2.24) is 0 Å². The Morgan fingerprint density at radius 1 is 0.615 bits per heavy atom. The number of fused-ring (bicyclic) bond motifs is 2. The van der Waals surface area contributed by atoms with Crippen molar-refractivity contribution in [1.29, 1.82) is 0 Å². The van der Waals surface area contributed by atoms with E-state index in [-0.39, 0.29) is 86.4 Å².